The molecule has 6 nitrogen and oxygen atoms in total. The van der Waals surface area contributed by atoms with Crippen LogP contribution in [0.25, 0.3) is 0 Å². The number of halogens is 3. The molecule has 2 aromatic rings. The van der Waals surface area contributed by atoms with Crippen LogP contribution >= 0.6 is 43.5 Å². The fourth-order valence-electron chi connectivity index (χ4n) is 1.23. The number of nitro benzene ring substituents is 1. The van der Waals surface area contributed by atoms with E-state index in [1.807, 2.05) is 0 Å². The van der Waals surface area contributed by atoms with Crippen LogP contribution in [0.1, 0.15) is 0 Å². The van der Waals surface area contributed by atoms with E-state index < -0.39 is 4.92 Å². The molecule has 0 unspecified atom stereocenters. The molecule has 1 aromatic carbocycles. The fraction of sp³-hybridized carbons (Fsp3) is 0. The summed E-state index contributed by atoms with van der Waals surface area (Å²) in [6.45, 7) is 0. The number of hydrogen-bond donors (Lipinski definition) is 0. The Labute approximate surface area is 129 Å². The molecule has 0 saturated heterocycles. The Kier molecular flexibility index (Phi) is 4.33. The molecule has 19 heavy (non-hydrogen) atoms. The van der Waals surface area contributed by atoms with Crippen molar-refractivity contribution in [1.29, 1.82) is 0 Å². The van der Waals surface area contributed by atoms with Crippen LogP contribution in [0.2, 0.25) is 5.28 Å². The number of ether oxygens (including phenoxy) is 1. The molecule has 98 valence electrons. The number of hydrogen-bond acceptors (Lipinski definition) is 5. The third kappa shape index (κ3) is 3.40. The van der Waals surface area contributed by atoms with Crippen molar-refractivity contribution in [3.05, 3.63) is 48.7 Å². The molecule has 0 saturated carbocycles. The molecule has 0 N–H and O–H groups in total. The summed E-state index contributed by atoms with van der Waals surface area (Å²) in [7, 11) is 0. The Bertz CT molecular complexity index is 631. The fourth-order valence-corrected chi connectivity index (χ4v) is 2.69. The van der Waals surface area contributed by atoms with E-state index in [2.05, 4.69) is 41.8 Å². The van der Waals surface area contributed by atoms with Crippen molar-refractivity contribution in [3.63, 3.8) is 0 Å². The summed E-state index contributed by atoms with van der Waals surface area (Å²) in [6, 6.07) is 4.19. The molecule has 0 spiro atoms. The first kappa shape index (κ1) is 14.2. The second-order valence-electron chi connectivity index (χ2n) is 3.26. The first-order valence-electron chi connectivity index (χ1n) is 4.77. The third-order valence-corrected chi connectivity index (χ3v) is 3.36. The first-order chi connectivity index (χ1) is 8.97. The van der Waals surface area contributed by atoms with E-state index in [4.69, 9.17) is 16.3 Å². The maximum absolute atomic E-state index is 10.7. The molecule has 0 atom stereocenters. The van der Waals surface area contributed by atoms with Crippen molar-refractivity contribution >= 4 is 49.1 Å². The first-order valence-corrected chi connectivity index (χ1v) is 6.73. The predicted molar refractivity (Wildman–Crippen MR) is 75.6 cm³/mol. The van der Waals surface area contributed by atoms with E-state index in [-0.39, 0.29) is 16.9 Å². The Morgan fingerprint density at radius 2 is 1.95 bits per heavy atom. The lowest BCUT2D eigenvalue weighted by Crippen LogP contribution is -1.94. The lowest BCUT2D eigenvalue weighted by atomic mass is 10.3. The monoisotopic (exact) mass is 407 g/mol. The van der Waals surface area contributed by atoms with E-state index in [1.165, 1.54) is 24.4 Å². The minimum absolute atomic E-state index is 0.0478. The van der Waals surface area contributed by atoms with Gasteiger partial charge in [0.25, 0.3) is 5.69 Å². The quantitative estimate of drug-likeness (QED) is 0.428. The van der Waals surface area contributed by atoms with Gasteiger partial charge in [-0.1, -0.05) is 0 Å². The lowest BCUT2D eigenvalue weighted by Gasteiger charge is -2.08. The summed E-state index contributed by atoms with van der Waals surface area (Å²) in [4.78, 5) is 17.8. The molecule has 2 rings (SSSR count). The zero-order chi connectivity index (χ0) is 14.0. The van der Waals surface area contributed by atoms with Crippen LogP contribution in [0, 0.1) is 10.1 Å². The number of nitro groups is 1. The average Bonchev–Trinajstić information content (AvgIpc) is 2.33. The van der Waals surface area contributed by atoms with Gasteiger partial charge in [-0.05, 0) is 43.5 Å². The zero-order valence-corrected chi connectivity index (χ0v) is 12.9. The normalized spacial score (nSPS) is 10.3. The van der Waals surface area contributed by atoms with Crippen LogP contribution in [0.3, 0.4) is 0 Å². The highest BCUT2D eigenvalue weighted by molar-refractivity contribution is 9.11. The van der Waals surface area contributed by atoms with Gasteiger partial charge in [0.05, 0.1) is 13.9 Å². The maximum Gasteiger partial charge on any atom is 0.271 e. The van der Waals surface area contributed by atoms with Crippen molar-refractivity contribution in [2.24, 2.45) is 0 Å². The average molecular weight is 409 g/mol. The van der Waals surface area contributed by atoms with Gasteiger partial charge < -0.3 is 4.74 Å². The van der Waals surface area contributed by atoms with E-state index >= 15 is 0 Å². The van der Waals surface area contributed by atoms with Gasteiger partial charge in [0.2, 0.25) is 11.2 Å². The van der Waals surface area contributed by atoms with Gasteiger partial charge >= 0.3 is 0 Å². The standard InChI is InChI=1S/C10H4Br2ClN3O3/c11-6-3-5(16(17)18)4-7(12)9(6)19-8-1-2-14-10(13)15-8/h1-4H. The minimum Gasteiger partial charge on any atom is -0.436 e. The number of aromatic nitrogens is 2. The summed E-state index contributed by atoms with van der Waals surface area (Å²) in [5.41, 5.74) is -0.0631. The van der Waals surface area contributed by atoms with Crippen LogP contribution in [-0.4, -0.2) is 14.9 Å². The maximum atomic E-state index is 10.7. The third-order valence-electron chi connectivity index (χ3n) is 2.00. The Morgan fingerprint density at radius 3 is 2.47 bits per heavy atom. The highest BCUT2D eigenvalue weighted by Gasteiger charge is 2.16. The van der Waals surface area contributed by atoms with Gasteiger partial charge in [0.1, 0.15) is 0 Å². The van der Waals surface area contributed by atoms with Crippen LogP contribution in [-0.2, 0) is 0 Å². The number of rotatable bonds is 3. The summed E-state index contributed by atoms with van der Waals surface area (Å²) >= 11 is 12.1. The van der Waals surface area contributed by atoms with E-state index in [0.717, 1.165) is 0 Å². The van der Waals surface area contributed by atoms with Crippen LogP contribution in [0.15, 0.2) is 33.3 Å². The summed E-state index contributed by atoms with van der Waals surface area (Å²) in [6.07, 6.45) is 1.44. The molecule has 0 bridgehead atoms. The van der Waals surface area contributed by atoms with Gasteiger partial charge in [-0.3, -0.25) is 10.1 Å². The number of benzene rings is 1. The van der Waals surface area contributed by atoms with Gasteiger partial charge in [-0.25, -0.2) is 4.98 Å². The molecule has 0 aliphatic rings. The number of nitrogens with zero attached hydrogens (tertiary/aromatic N) is 3. The lowest BCUT2D eigenvalue weighted by molar-refractivity contribution is -0.385. The van der Waals surface area contributed by atoms with Gasteiger partial charge in [0, 0.05) is 24.4 Å². The van der Waals surface area contributed by atoms with Crippen LogP contribution < -0.4 is 4.74 Å². The molecule has 0 aliphatic heterocycles. The predicted octanol–water partition coefficient (Wildman–Crippen LogP) is 4.36. The highest BCUT2D eigenvalue weighted by Crippen LogP contribution is 2.39. The van der Waals surface area contributed by atoms with Crippen molar-refractivity contribution in [3.8, 4) is 11.6 Å². The van der Waals surface area contributed by atoms with Crippen molar-refractivity contribution in [1.82, 2.24) is 9.97 Å². The highest BCUT2D eigenvalue weighted by atomic mass is 79.9. The topological polar surface area (TPSA) is 78.2 Å². The van der Waals surface area contributed by atoms with Gasteiger partial charge in [-0.15, -0.1) is 0 Å². The molecule has 1 aromatic heterocycles. The van der Waals surface area contributed by atoms with Crippen LogP contribution in [0.5, 0.6) is 11.6 Å². The van der Waals surface area contributed by atoms with Crippen molar-refractivity contribution in [2.75, 3.05) is 0 Å². The van der Waals surface area contributed by atoms with Crippen molar-refractivity contribution in [2.45, 2.75) is 0 Å². The molecular weight excluding hydrogens is 405 g/mol. The Balaban J connectivity index is 2.38. The second-order valence-corrected chi connectivity index (χ2v) is 5.31. The van der Waals surface area contributed by atoms with E-state index in [9.17, 15) is 10.1 Å². The summed E-state index contributed by atoms with van der Waals surface area (Å²) in [5.74, 6) is 0.593. The van der Waals surface area contributed by atoms with E-state index in [1.54, 1.807) is 0 Å². The molecule has 1 heterocycles. The minimum atomic E-state index is -0.499. The van der Waals surface area contributed by atoms with Crippen LogP contribution in [0.4, 0.5) is 5.69 Å². The molecule has 0 radical (unpaired) electrons. The largest absolute Gasteiger partial charge is 0.436 e. The Morgan fingerprint density at radius 1 is 1.32 bits per heavy atom. The second kappa shape index (κ2) is 5.81. The van der Waals surface area contributed by atoms with E-state index in [0.29, 0.717) is 14.7 Å². The van der Waals surface area contributed by atoms with Crippen molar-refractivity contribution < 1.29 is 9.66 Å². The molecule has 0 aliphatic carbocycles. The zero-order valence-electron chi connectivity index (χ0n) is 9.01. The molecule has 0 amide bonds. The number of non-ortho nitro benzene ring substituents is 1. The molecular formula is C10H4Br2ClN3O3. The van der Waals surface area contributed by atoms with Gasteiger partial charge in [-0.2, -0.15) is 4.98 Å². The smallest absolute Gasteiger partial charge is 0.271 e. The summed E-state index contributed by atoms with van der Waals surface area (Å²) < 4.78 is 6.34. The van der Waals surface area contributed by atoms with Gasteiger partial charge in [0.15, 0.2) is 5.75 Å². The summed E-state index contributed by atoms with van der Waals surface area (Å²) in [5, 5.41) is 10.8. The Hall–Kier alpha value is -1.25. The molecule has 9 heteroatoms. The molecule has 0 fully saturated rings. The SMILES string of the molecule is O=[N+]([O-])c1cc(Br)c(Oc2ccnc(Cl)n2)c(Br)c1.